The van der Waals surface area contributed by atoms with Gasteiger partial charge in [0.05, 0.1) is 0 Å². The second kappa shape index (κ2) is 12.5. The van der Waals surface area contributed by atoms with Crippen LogP contribution in [0, 0.1) is 19.9 Å². The Morgan fingerprint density at radius 3 is 1.96 bits per heavy atom. The molecule has 0 unspecified atom stereocenters. The van der Waals surface area contributed by atoms with E-state index in [0.717, 1.165) is 6.42 Å². The summed E-state index contributed by atoms with van der Waals surface area (Å²) in [4.78, 5) is 0. The third-order valence-electron chi connectivity index (χ3n) is 3.68. The number of halogens is 2. The fraction of sp³-hybridized carbons (Fsp3) is 0.217. The van der Waals surface area contributed by atoms with E-state index < -0.39 is 0 Å². The van der Waals surface area contributed by atoms with Crippen molar-refractivity contribution >= 4 is 3.26 Å². The summed E-state index contributed by atoms with van der Waals surface area (Å²) in [7, 11) is 0. The van der Waals surface area contributed by atoms with Gasteiger partial charge >= 0.3 is 41.0 Å². The summed E-state index contributed by atoms with van der Waals surface area (Å²) < 4.78 is 1.56. The van der Waals surface area contributed by atoms with Gasteiger partial charge in [-0.2, -0.15) is 47.0 Å². The number of fused-ring (bicyclic) bond motifs is 3. The minimum Gasteiger partial charge on any atom is -1.00 e. The third kappa shape index (κ3) is 7.78. The molecular formula is C23H24Cl2Hf-2. The van der Waals surface area contributed by atoms with Gasteiger partial charge in [-0.05, 0) is 6.42 Å². The Balaban J connectivity index is 0.000000415. The molecule has 1 aliphatic carbocycles. The van der Waals surface area contributed by atoms with Crippen molar-refractivity contribution < 1.29 is 48.7 Å². The van der Waals surface area contributed by atoms with Crippen LogP contribution in [0.1, 0.15) is 36.1 Å². The molecule has 26 heavy (non-hydrogen) atoms. The average molecular weight is 550 g/mol. The van der Waals surface area contributed by atoms with E-state index in [1.54, 1.807) is 3.26 Å². The first-order valence-corrected chi connectivity index (χ1v) is 10.1. The van der Waals surface area contributed by atoms with E-state index in [1.807, 2.05) is 6.07 Å². The monoisotopic (exact) mass is 550 g/mol. The van der Waals surface area contributed by atoms with Crippen LogP contribution in [0.15, 0.2) is 60.7 Å². The molecule has 0 aliphatic heterocycles. The van der Waals surface area contributed by atoms with E-state index in [0.29, 0.717) is 0 Å². The second-order valence-electron chi connectivity index (χ2n) is 6.36. The first kappa shape index (κ1) is 25.1. The molecule has 0 heterocycles. The molecule has 0 spiro atoms. The Bertz CT molecular complexity index is 754. The molecule has 4 rings (SSSR count). The molecule has 136 valence electrons. The third-order valence-corrected chi connectivity index (χ3v) is 3.68. The standard InChI is InChI=1S/C13H9.C7H9.C3H6.2ClH.Hf/c1-3-7-12-10(5-1)9-11-6-2-4-8-13(11)12;1-6-3-4-7(2)5-6;1-3-2;;;/h1-5,7-8H,9H2;3-5H,1-2H3;1-2H3;2*1H;/q2*-1;;;;+2/p-2. The largest absolute Gasteiger partial charge is 1.00 e. The molecule has 0 amide bonds. The average Bonchev–Trinajstić information content (AvgIpc) is 3.10. The van der Waals surface area contributed by atoms with Gasteiger partial charge in [0.25, 0.3) is 0 Å². The molecular weight excluding hydrogens is 526 g/mol. The summed E-state index contributed by atoms with van der Waals surface area (Å²) >= 11 is 1.27. The van der Waals surface area contributed by atoms with Crippen molar-refractivity contribution in [3.63, 3.8) is 0 Å². The van der Waals surface area contributed by atoms with Crippen LogP contribution in [0.3, 0.4) is 0 Å². The Morgan fingerprint density at radius 2 is 1.42 bits per heavy atom. The Kier molecular flexibility index (Phi) is 12.1. The molecule has 0 saturated heterocycles. The van der Waals surface area contributed by atoms with Gasteiger partial charge in [0, 0.05) is 0 Å². The molecule has 3 aromatic rings. The van der Waals surface area contributed by atoms with Crippen LogP contribution in [0.5, 0.6) is 0 Å². The minimum atomic E-state index is 0. The molecule has 0 bridgehead atoms. The molecule has 0 saturated carbocycles. The van der Waals surface area contributed by atoms with E-state index in [-0.39, 0.29) is 24.8 Å². The van der Waals surface area contributed by atoms with Crippen molar-refractivity contribution in [2.45, 2.75) is 34.1 Å². The number of hydrogen-bond donors (Lipinski definition) is 0. The molecule has 0 radical (unpaired) electrons. The number of benzene rings is 2. The quantitative estimate of drug-likeness (QED) is 0.211. The Morgan fingerprint density at radius 1 is 0.885 bits per heavy atom. The van der Waals surface area contributed by atoms with Gasteiger partial charge in [0.1, 0.15) is 0 Å². The van der Waals surface area contributed by atoms with Crippen LogP contribution >= 0.6 is 0 Å². The smallest absolute Gasteiger partial charge is 0.0253 e. The van der Waals surface area contributed by atoms with Gasteiger partial charge < -0.3 is 24.8 Å². The molecule has 0 aromatic heterocycles. The molecule has 0 nitrogen and oxygen atoms in total. The van der Waals surface area contributed by atoms with Crippen LogP contribution < -0.4 is 24.8 Å². The maximum atomic E-state index is 3.30. The van der Waals surface area contributed by atoms with Gasteiger partial charge in [-0.15, -0.1) is 5.56 Å². The minimum absolute atomic E-state index is 0. The van der Waals surface area contributed by atoms with Crippen LogP contribution in [-0.4, -0.2) is 3.26 Å². The molecule has 3 heteroatoms. The zero-order chi connectivity index (χ0) is 17.5. The van der Waals surface area contributed by atoms with Crippen molar-refractivity contribution in [2.75, 3.05) is 0 Å². The van der Waals surface area contributed by atoms with Crippen LogP contribution in [0.25, 0.3) is 11.1 Å². The molecule has 0 atom stereocenters. The number of hydrogen-bond acceptors (Lipinski definition) is 0. The maximum Gasteiger partial charge on any atom is -0.0253 e. The topological polar surface area (TPSA) is 0 Å². The van der Waals surface area contributed by atoms with Crippen molar-refractivity contribution in [3.8, 4) is 11.1 Å². The van der Waals surface area contributed by atoms with E-state index >= 15 is 0 Å². The Hall–Kier alpha value is -0.890. The maximum absolute atomic E-state index is 3.30. The van der Waals surface area contributed by atoms with Gasteiger partial charge in [0.15, 0.2) is 0 Å². The Labute approximate surface area is 185 Å². The first-order chi connectivity index (χ1) is 11.5. The molecule has 0 fully saturated rings. The molecule has 0 N–H and O–H groups in total. The first-order valence-electron chi connectivity index (χ1n) is 8.27. The molecule has 1 aliphatic rings. The summed E-state index contributed by atoms with van der Waals surface area (Å²) in [6.07, 6.45) is 1.05. The van der Waals surface area contributed by atoms with Crippen molar-refractivity contribution in [1.82, 2.24) is 0 Å². The number of rotatable bonds is 0. The zero-order valence-corrected chi connectivity index (χ0v) is 20.8. The fourth-order valence-electron chi connectivity index (χ4n) is 2.72. The predicted octanol–water partition coefficient (Wildman–Crippen LogP) is -0.166. The van der Waals surface area contributed by atoms with Crippen molar-refractivity contribution in [1.29, 1.82) is 0 Å². The van der Waals surface area contributed by atoms with Crippen molar-refractivity contribution in [3.05, 3.63) is 89.0 Å². The zero-order valence-electron chi connectivity index (χ0n) is 15.7. The second-order valence-corrected chi connectivity index (χ2v) is 9.95. The summed E-state index contributed by atoms with van der Waals surface area (Å²) in [6, 6.07) is 24.5. The van der Waals surface area contributed by atoms with E-state index in [2.05, 4.69) is 88.4 Å². The van der Waals surface area contributed by atoms with Crippen LogP contribution in [0.2, 0.25) is 0 Å². The summed E-state index contributed by atoms with van der Waals surface area (Å²) in [5.74, 6) is 0. The van der Waals surface area contributed by atoms with Crippen molar-refractivity contribution in [2.24, 2.45) is 0 Å². The van der Waals surface area contributed by atoms with Gasteiger partial charge in [-0.1, -0.05) is 49.2 Å². The van der Waals surface area contributed by atoms with Gasteiger partial charge in [-0.3, -0.25) is 0 Å². The van der Waals surface area contributed by atoms with E-state index in [9.17, 15) is 0 Å². The fourth-order valence-corrected chi connectivity index (χ4v) is 2.72. The van der Waals surface area contributed by atoms with Crippen LogP contribution in [-0.2, 0) is 30.3 Å². The van der Waals surface area contributed by atoms with E-state index in [4.69, 9.17) is 0 Å². The predicted molar refractivity (Wildman–Crippen MR) is 101 cm³/mol. The van der Waals surface area contributed by atoms with E-state index in [1.165, 1.54) is 57.3 Å². The van der Waals surface area contributed by atoms with Gasteiger partial charge in [-0.25, -0.2) is 12.1 Å². The van der Waals surface area contributed by atoms with Gasteiger partial charge in [0.2, 0.25) is 0 Å². The summed E-state index contributed by atoms with van der Waals surface area (Å²) in [5.41, 5.74) is 8.23. The normalized spacial score (nSPS) is 9.77. The summed E-state index contributed by atoms with van der Waals surface area (Å²) in [6.45, 7) is 8.50. The SMILES string of the molecule is C[C](C)=[Hf+2].Cc1ccc(C)[cH-]1.[Cl-].[Cl-].[c-]1cccc2c1Cc1ccccc1-2. The van der Waals surface area contributed by atoms with Crippen LogP contribution in [0.4, 0.5) is 0 Å². The molecule has 3 aromatic carbocycles. The number of aryl methyl sites for hydroxylation is 2. The summed E-state index contributed by atoms with van der Waals surface area (Å²) in [5, 5.41) is 0.